The first kappa shape index (κ1) is 15.8. The fraction of sp³-hybridized carbons (Fsp3) is 0.0526. The number of aromatic nitrogens is 3. The van der Waals surface area contributed by atoms with Gasteiger partial charge in [-0.1, -0.05) is 17.3 Å². The molecule has 2 aromatic carbocycles. The Morgan fingerprint density at radius 3 is 2.62 bits per heavy atom. The average Bonchev–Trinajstić information content (AvgIpc) is 3.16. The van der Waals surface area contributed by atoms with Gasteiger partial charge in [0.1, 0.15) is 5.58 Å². The zero-order chi connectivity index (χ0) is 18.1. The van der Waals surface area contributed by atoms with Crippen molar-refractivity contribution >= 4 is 22.6 Å². The molecular weight excluding hydrogens is 332 g/mol. The first-order valence-corrected chi connectivity index (χ1v) is 7.93. The SMILES string of the molecule is CC(=O)Nc1ccc(-c2cc3ccc(-n4ccnn4)cc3oc2=O)cc1. The molecule has 4 rings (SSSR count). The number of carbonyl (C=O) groups is 1. The molecule has 7 heteroatoms. The topological polar surface area (TPSA) is 90.0 Å². The molecule has 128 valence electrons. The molecule has 0 fully saturated rings. The second-order valence-corrected chi connectivity index (χ2v) is 5.78. The lowest BCUT2D eigenvalue weighted by atomic mass is 10.1. The van der Waals surface area contributed by atoms with Gasteiger partial charge in [-0.05, 0) is 35.9 Å². The molecule has 7 nitrogen and oxygen atoms in total. The second-order valence-electron chi connectivity index (χ2n) is 5.78. The standard InChI is InChI=1S/C19H14N4O3/c1-12(24)21-15-5-2-13(3-6-15)17-10-14-4-7-16(23-9-8-20-22-23)11-18(14)26-19(17)25/h2-11H,1H3,(H,21,24). The van der Waals surface area contributed by atoms with Crippen molar-refractivity contribution in [2.24, 2.45) is 0 Å². The maximum absolute atomic E-state index is 12.4. The number of benzene rings is 2. The van der Waals surface area contributed by atoms with Crippen molar-refractivity contribution in [3.05, 3.63) is 71.3 Å². The summed E-state index contributed by atoms with van der Waals surface area (Å²) in [5.41, 5.74) is 2.65. The maximum Gasteiger partial charge on any atom is 0.344 e. The predicted octanol–water partition coefficient (Wildman–Crippen LogP) is 3.00. The number of anilines is 1. The Morgan fingerprint density at radius 2 is 1.92 bits per heavy atom. The Labute approximate surface area is 147 Å². The molecular formula is C19H14N4O3. The van der Waals surface area contributed by atoms with Crippen molar-refractivity contribution < 1.29 is 9.21 Å². The molecule has 26 heavy (non-hydrogen) atoms. The predicted molar refractivity (Wildman–Crippen MR) is 97.1 cm³/mol. The summed E-state index contributed by atoms with van der Waals surface area (Å²) in [6.45, 7) is 1.44. The van der Waals surface area contributed by atoms with E-state index in [4.69, 9.17) is 4.42 Å². The zero-order valence-corrected chi connectivity index (χ0v) is 13.8. The molecule has 0 radical (unpaired) electrons. The van der Waals surface area contributed by atoms with E-state index in [0.717, 1.165) is 16.6 Å². The summed E-state index contributed by atoms with van der Waals surface area (Å²) in [4.78, 5) is 23.5. The summed E-state index contributed by atoms with van der Waals surface area (Å²) < 4.78 is 7.09. The first-order valence-electron chi connectivity index (χ1n) is 7.93. The summed E-state index contributed by atoms with van der Waals surface area (Å²) in [5.74, 6) is -0.147. The van der Waals surface area contributed by atoms with Crippen LogP contribution in [0.5, 0.6) is 0 Å². The smallest absolute Gasteiger partial charge is 0.344 e. The summed E-state index contributed by atoms with van der Waals surface area (Å²) >= 11 is 0. The minimum absolute atomic E-state index is 0.147. The Bertz CT molecular complexity index is 1150. The number of amides is 1. The van der Waals surface area contributed by atoms with Gasteiger partial charge in [-0.3, -0.25) is 4.79 Å². The highest BCUT2D eigenvalue weighted by atomic mass is 16.4. The number of rotatable bonds is 3. The summed E-state index contributed by atoms with van der Waals surface area (Å²) in [6, 6.07) is 14.3. The molecule has 0 aliphatic carbocycles. The highest BCUT2D eigenvalue weighted by molar-refractivity contribution is 5.89. The van der Waals surface area contributed by atoms with Gasteiger partial charge in [-0.25, -0.2) is 9.48 Å². The van der Waals surface area contributed by atoms with Gasteiger partial charge in [0.15, 0.2) is 0 Å². The quantitative estimate of drug-likeness (QED) is 0.576. The summed E-state index contributed by atoms with van der Waals surface area (Å²) in [6.07, 6.45) is 3.29. The van der Waals surface area contributed by atoms with Crippen molar-refractivity contribution in [3.8, 4) is 16.8 Å². The Balaban J connectivity index is 1.74. The van der Waals surface area contributed by atoms with Gasteiger partial charge >= 0.3 is 5.63 Å². The van der Waals surface area contributed by atoms with Crippen molar-refractivity contribution in [1.29, 1.82) is 0 Å². The first-order chi connectivity index (χ1) is 12.6. The Kier molecular flexibility index (Phi) is 3.81. The third-order valence-corrected chi connectivity index (χ3v) is 3.92. The van der Waals surface area contributed by atoms with E-state index in [1.807, 2.05) is 12.1 Å². The minimum Gasteiger partial charge on any atom is -0.422 e. The van der Waals surface area contributed by atoms with E-state index in [0.29, 0.717) is 16.8 Å². The minimum atomic E-state index is -0.430. The van der Waals surface area contributed by atoms with E-state index in [1.54, 1.807) is 53.5 Å². The normalized spacial score (nSPS) is 10.8. The van der Waals surface area contributed by atoms with Crippen LogP contribution in [0.4, 0.5) is 5.69 Å². The average molecular weight is 346 g/mol. The van der Waals surface area contributed by atoms with Crippen molar-refractivity contribution in [2.45, 2.75) is 6.92 Å². The van der Waals surface area contributed by atoms with Crippen LogP contribution in [-0.4, -0.2) is 20.9 Å². The number of fused-ring (bicyclic) bond motifs is 1. The van der Waals surface area contributed by atoms with Gasteiger partial charge in [-0.2, -0.15) is 0 Å². The van der Waals surface area contributed by atoms with E-state index in [9.17, 15) is 9.59 Å². The molecule has 2 heterocycles. The number of hydrogen-bond donors (Lipinski definition) is 1. The Hall–Kier alpha value is -3.74. The fourth-order valence-corrected chi connectivity index (χ4v) is 2.73. The van der Waals surface area contributed by atoms with Crippen LogP contribution in [0.25, 0.3) is 27.8 Å². The molecule has 0 aliphatic rings. The van der Waals surface area contributed by atoms with Crippen molar-refractivity contribution in [3.63, 3.8) is 0 Å². The van der Waals surface area contributed by atoms with Gasteiger partial charge in [0.25, 0.3) is 0 Å². The zero-order valence-electron chi connectivity index (χ0n) is 13.8. The van der Waals surface area contributed by atoms with E-state index < -0.39 is 5.63 Å². The van der Waals surface area contributed by atoms with Crippen LogP contribution < -0.4 is 10.9 Å². The highest BCUT2D eigenvalue weighted by Crippen LogP contribution is 2.24. The van der Waals surface area contributed by atoms with Gasteiger partial charge < -0.3 is 9.73 Å². The lowest BCUT2D eigenvalue weighted by molar-refractivity contribution is -0.114. The molecule has 0 saturated carbocycles. The molecule has 0 aliphatic heterocycles. The van der Waals surface area contributed by atoms with Gasteiger partial charge in [0.2, 0.25) is 5.91 Å². The third-order valence-electron chi connectivity index (χ3n) is 3.92. The van der Waals surface area contributed by atoms with E-state index in [1.165, 1.54) is 6.92 Å². The number of carbonyl (C=O) groups excluding carboxylic acids is 1. The van der Waals surface area contributed by atoms with Crippen LogP contribution in [0.15, 0.2) is 70.1 Å². The molecule has 0 bridgehead atoms. The van der Waals surface area contributed by atoms with E-state index >= 15 is 0 Å². The second kappa shape index (κ2) is 6.29. The number of hydrogen-bond acceptors (Lipinski definition) is 5. The van der Waals surface area contributed by atoms with Crippen LogP contribution in [0.1, 0.15) is 6.92 Å². The third kappa shape index (κ3) is 2.98. The van der Waals surface area contributed by atoms with Gasteiger partial charge in [-0.15, -0.1) is 5.10 Å². The van der Waals surface area contributed by atoms with Gasteiger partial charge in [0.05, 0.1) is 23.6 Å². The van der Waals surface area contributed by atoms with Crippen LogP contribution in [0.2, 0.25) is 0 Å². The molecule has 1 N–H and O–H groups in total. The summed E-state index contributed by atoms with van der Waals surface area (Å²) in [7, 11) is 0. The maximum atomic E-state index is 12.4. The van der Waals surface area contributed by atoms with E-state index in [2.05, 4.69) is 15.6 Å². The molecule has 0 spiro atoms. The van der Waals surface area contributed by atoms with Crippen molar-refractivity contribution in [2.75, 3.05) is 5.32 Å². The largest absolute Gasteiger partial charge is 0.422 e. The lowest BCUT2D eigenvalue weighted by Crippen LogP contribution is -2.06. The van der Waals surface area contributed by atoms with Crippen LogP contribution in [0, 0.1) is 0 Å². The number of nitrogens with zero attached hydrogens (tertiary/aromatic N) is 3. The van der Waals surface area contributed by atoms with Crippen molar-refractivity contribution in [1.82, 2.24) is 15.0 Å². The Morgan fingerprint density at radius 1 is 1.12 bits per heavy atom. The summed E-state index contributed by atoms with van der Waals surface area (Å²) in [5, 5.41) is 11.2. The van der Waals surface area contributed by atoms with Crippen LogP contribution in [-0.2, 0) is 4.79 Å². The molecule has 1 amide bonds. The van der Waals surface area contributed by atoms with Gasteiger partial charge in [0, 0.05) is 24.1 Å². The molecule has 0 saturated heterocycles. The molecule has 2 aromatic heterocycles. The van der Waals surface area contributed by atoms with Crippen LogP contribution in [0.3, 0.4) is 0 Å². The highest BCUT2D eigenvalue weighted by Gasteiger charge is 2.09. The lowest BCUT2D eigenvalue weighted by Gasteiger charge is -2.06. The molecule has 0 atom stereocenters. The van der Waals surface area contributed by atoms with Crippen LogP contribution >= 0.6 is 0 Å². The number of nitrogens with one attached hydrogen (secondary N) is 1. The monoisotopic (exact) mass is 346 g/mol. The molecule has 0 unspecified atom stereocenters. The molecule has 4 aromatic rings. The van der Waals surface area contributed by atoms with E-state index in [-0.39, 0.29) is 5.91 Å². The fourth-order valence-electron chi connectivity index (χ4n) is 2.73.